The quantitative estimate of drug-likeness (QED) is 0.890. The summed E-state index contributed by atoms with van der Waals surface area (Å²) in [7, 11) is 2.09. The zero-order valence-corrected chi connectivity index (χ0v) is 12.9. The highest BCUT2D eigenvalue weighted by Crippen LogP contribution is 2.35. The van der Waals surface area contributed by atoms with Gasteiger partial charge in [-0.05, 0) is 50.1 Å². The topological polar surface area (TPSA) is 55.3 Å². The molecule has 4 nitrogen and oxygen atoms in total. The van der Waals surface area contributed by atoms with Crippen molar-refractivity contribution in [2.45, 2.75) is 25.4 Å². The van der Waals surface area contributed by atoms with E-state index in [0.717, 1.165) is 23.1 Å². The van der Waals surface area contributed by atoms with E-state index in [9.17, 15) is 0 Å². The van der Waals surface area contributed by atoms with Crippen LogP contribution in [0.2, 0.25) is 5.02 Å². The number of nitrogens with two attached hydrogens (primary N) is 1. The number of halogens is 1. The molecule has 1 aromatic carbocycles. The van der Waals surface area contributed by atoms with Crippen LogP contribution in [0.4, 0.5) is 0 Å². The van der Waals surface area contributed by atoms with E-state index < -0.39 is 0 Å². The maximum absolute atomic E-state index is 5.89. The van der Waals surface area contributed by atoms with E-state index in [1.165, 1.54) is 12.8 Å². The largest absolute Gasteiger partial charge is 0.439 e. The first-order chi connectivity index (χ1) is 10.2. The molecule has 112 valence electrons. The van der Waals surface area contributed by atoms with E-state index in [-0.39, 0.29) is 0 Å². The van der Waals surface area contributed by atoms with E-state index in [4.69, 9.17) is 21.8 Å². The van der Waals surface area contributed by atoms with Crippen molar-refractivity contribution in [1.82, 2.24) is 9.88 Å². The average Bonchev–Trinajstić information content (AvgIpc) is 3.20. The van der Waals surface area contributed by atoms with Crippen LogP contribution in [0.3, 0.4) is 0 Å². The van der Waals surface area contributed by atoms with Crippen molar-refractivity contribution in [3.8, 4) is 11.3 Å². The molecule has 1 unspecified atom stereocenters. The fourth-order valence-corrected chi connectivity index (χ4v) is 2.80. The minimum Gasteiger partial charge on any atom is -0.439 e. The Kier molecular flexibility index (Phi) is 4.29. The monoisotopic (exact) mass is 305 g/mol. The van der Waals surface area contributed by atoms with Gasteiger partial charge in [0, 0.05) is 23.2 Å². The Labute approximate surface area is 129 Å². The number of hydrogen-bond acceptors (Lipinski definition) is 4. The van der Waals surface area contributed by atoms with Crippen molar-refractivity contribution in [3.05, 3.63) is 41.4 Å². The summed E-state index contributed by atoms with van der Waals surface area (Å²) in [4.78, 5) is 6.61. The van der Waals surface area contributed by atoms with Gasteiger partial charge in [0.05, 0.1) is 12.7 Å². The summed E-state index contributed by atoms with van der Waals surface area (Å²) >= 11 is 5.89. The number of aromatic nitrogens is 1. The molecule has 0 spiro atoms. The smallest absolute Gasteiger partial charge is 0.209 e. The average molecular weight is 306 g/mol. The minimum absolute atomic E-state index is 0.427. The number of nitrogens with zero attached hydrogens (tertiary/aromatic N) is 2. The number of rotatable bonds is 6. The SMILES string of the molecule is CN(Cc1ncc(-c2ccc(Cl)cc2)o1)C(CN)C1CC1. The minimum atomic E-state index is 0.427. The molecule has 1 atom stereocenters. The summed E-state index contributed by atoms with van der Waals surface area (Å²) < 4.78 is 5.84. The summed E-state index contributed by atoms with van der Waals surface area (Å²) in [6, 6.07) is 7.99. The molecular formula is C16H20ClN3O. The first-order valence-corrected chi connectivity index (χ1v) is 7.66. The van der Waals surface area contributed by atoms with Crippen LogP contribution in [0.1, 0.15) is 18.7 Å². The van der Waals surface area contributed by atoms with Gasteiger partial charge in [-0.1, -0.05) is 11.6 Å². The van der Waals surface area contributed by atoms with Gasteiger partial charge in [-0.15, -0.1) is 0 Å². The van der Waals surface area contributed by atoms with E-state index in [1.807, 2.05) is 24.3 Å². The highest BCUT2D eigenvalue weighted by molar-refractivity contribution is 6.30. The van der Waals surface area contributed by atoms with E-state index in [2.05, 4.69) is 16.9 Å². The third-order valence-electron chi connectivity index (χ3n) is 4.04. The highest BCUT2D eigenvalue weighted by Gasteiger charge is 2.33. The van der Waals surface area contributed by atoms with Crippen molar-refractivity contribution in [2.75, 3.05) is 13.6 Å². The van der Waals surface area contributed by atoms with Gasteiger partial charge in [-0.2, -0.15) is 0 Å². The second-order valence-electron chi connectivity index (χ2n) is 5.68. The Morgan fingerprint density at radius 1 is 1.38 bits per heavy atom. The zero-order valence-electron chi connectivity index (χ0n) is 12.1. The van der Waals surface area contributed by atoms with Gasteiger partial charge in [0.15, 0.2) is 5.76 Å². The van der Waals surface area contributed by atoms with E-state index >= 15 is 0 Å². The molecule has 0 bridgehead atoms. The lowest BCUT2D eigenvalue weighted by Crippen LogP contribution is -2.39. The van der Waals surface area contributed by atoms with Crippen LogP contribution in [0.15, 0.2) is 34.9 Å². The maximum atomic E-state index is 5.89. The van der Waals surface area contributed by atoms with Crippen molar-refractivity contribution in [3.63, 3.8) is 0 Å². The summed E-state index contributed by atoms with van der Waals surface area (Å²) in [5, 5.41) is 0.716. The zero-order chi connectivity index (χ0) is 14.8. The van der Waals surface area contributed by atoms with E-state index in [0.29, 0.717) is 24.2 Å². The van der Waals surface area contributed by atoms with Gasteiger partial charge >= 0.3 is 0 Å². The number of benzene rings is 1. The summed E-state index contributed by atoms with van der Waals surface area (Å²) in [5.74, 6) is 2.23. The number of oxazole rings is 1. The molecule has 1 fully saturated rings. The lowest BCUT2D eigenvalue weighted by Gasteiger charge is -2.25. The van der Waals surface area contributed by atoms with Crippen LogP contribution in [0.25, 0.3) is 11.3 Å². The van der Waals surface area contributed by atoms with Crippen LogP contribution >= 0.6 is 11.6 Å². The van der Waals surface area contributed by atoms with Crippen LogP contribution < -0.4 is 5.73 Å². The third kappa shape index (κ3) is 3.46. The van der Waals surface area contributed by atoms with Crippen LogP contribution in [-0.2, 0) is 6.54 Å². The first-order valence-electron chi connectivity index (χ1n) is 7.28. The second kappa shape index (κ2) is 6.18. The van der Waals surface area contributed by atoms with Gasteiger partial charge < -0.3 is 10.2 Å². The molecule has 5 heteroatoms. The molecule has 0 saturated heterocycles. The molecule has 3 rings (SSSR count). The predicted molar refractivity (Wildman–Crippen MR) is 84.0 cm³/mol. The predicted octanol–water partition coefficient (Wildman–Crippen LogP) is 3.16. The molecule has 0 radical (unpaired) electrons. The Bertz CT molecular complexity index is 592. The normalized spacial score (nSPS) is 16.4. The molecule has 0 aliphatic heterocycles. The highest BCUT2D eigenvalue weighted by atomic mass is 35.5. The first kappa shape index (κ1) is 14.6. The Morgan fingerprint density at radius 3 is 2.71 bits per heavy atom. The molecule has 0 amide bonds. The number of hydrogen-bond donors (Lipinski definition) is 1. The van der Waals surface area contributed by atoms with Gasteiger partial charge in [0.25, 0.3) is 0 Å². The maximum Gasteiger partial charge on any atom is 0.209 e. The second-order valence-corrected chi connectivity index (χ2v) is 6.12. The third-order valence-corrected chi connectivity index (χ3v) is 4.29. The molecule has 1 heterocycles. The molecule has 1 aromatic heterocycles. The van der Waals surface area contributed by atoms with Crippen LogP contribution in [0, 0.1) is 5.92 Å². The van der Waals surface area contributed by atoms with Crippen LogP contribution in [0.5, 0.6) is 0 Å². The molecule has 21 heavy (non-hydrogen) atoms. The fraction of sp³-hybridized carbons (Fsp3) is 0.438. The summed E-state index contributed by atoms with van der Waals surface area (Å²) in [5.41, 5.74) is 6.86. The van der Waals surface area contributed by atoms with Gasteiger partial charge in [-0.25, -0.2) is 4.98 Å². The van der Waals surface area contributed by atoms with Gasteiger partial charge in [-0.3, -0.25) is 4.90 Å². The molecule has 1 saturated carbocycles. The lowest BCUT2D eigenvalue weighted by atomic mass is 10.1. The molecular weight excluding hydrogens is 286 g/mol. The van der Waals surface area contributed by atoms with Gasteiger partial charge in [0.2, 0.25) is 5.89 Å². The number of likely N-dealkylation sites (N-methyl/N-ethyl adjacent to an activating group) is 1. The Morgan fingerprint density at radius 2 is 2.10 bits per heavy atom. The molecule has 1 aliphatic carbocycles. The molecule has 2 N–H and O–H groups in total. The van der Waals surface area contributed by atoms with Crippen molar-refractivity contribution < 1.29 is 4.42 Å². The van der Waals surface area contributed by atoms with Crippen LogP contribution in [-0.4, -0.2) is 29.5 Å². The Hall–Kier alpha value is -1.36. The van der Waals surface area contributed by atoms with E-state index in [1.54, 1.807) is 6.20 Å². The lowest BCUT2D eigenvalue weighted by molar-refractivity contribution is 0.197. The van der Waals surface area contributed by atoms with Crippen molar-refractivity contribution in [2.24, 2.45) is 11.7 Å². The van der Waals surface area contributed by atoms with Gasteiger partial charge in [0.1, 0.15) is 0 Å². The summed E-state index contributed by atoms with van der Waals surface area (Å²) in [6.45, 7) is 1.37. The standard InChI is InChI=1S/C16H20ClN3O/c1-20(14(8-18)11-2-3-11)10-16-19-9-15(21-16)12-4-6-13(17)7-5-12/h4-7,9,11,14H,2-3,8,10,18H2,1H3. The molecule has 2 aromatic rings. The fourth-order valence-electron chi connectivity index (χ4n) is 2.67. The van der Waals surface area contributed by atoms with Crippen molar-refractivity contribution >= 4 is 11.6 Å². The molecule has 1 aliphatic rings. The Balaban J connectivity index is 1.68. The van der Waals surface area contributed by atoms with Crippen molar-refractivity contribution in [1.29, 1.82) is 0 Å². The summed E-state index contributed by atoms with van der Waals surface area (Å²) in [6.07, 6.45) is 4.34.